The Morgan fingerprint density at radius 1 is 1.18 bits per heavy atom. The summed E-state index contributed by atoms with van der Waals surface area (Å²) in [5, 5.41) is 17.3. The number of hydrogen-bond acceptors (Lipinski definition) is 8. The summed E-state index contributed by atoms with van der Waals surface area (Å²) < 4.78 is 12.4. The lowest BCUT2D eigenvalue weighted by Gasteiger charge is -2.16. The SMILES string of the molecule is CCCOCCn1cc(COC(=O)c2ccc(CNC(=O)CCCC[C@@H]3SC[C@@H]4NC(=O)N[C@@H]43)cc2)nn1. The summed E-state index contributed by atoms with van der Waals surface area (Å²) in [6, 6.07) is 7.36. The molecule has 0 spiro atoms. The van der Waals surface area contributed by atoms with Gasteiger partial charge in [-0.25, -0.2) is 14.3 Å². The Hall–Kier alpha value is -3.12. The number of aromatic nitrogens is 3. The number of carbonyl (C=O) groups excluding carboxylic acids is 3. The molecule has 2 aliphatic rings. The maximum Gasteiger partial charge on any atom is 0.338 e. The van der Waals surface area contributed by atoms with Gasteiger partial charge < -0.3 is 25.4 Å². The molecule has 4 rings (SSSR count). The molecule has 1 aromatic heterocycles. The van der Waals surface area contributed by atoms with Gasteiger partial charge in [-0.05, 0) is 37.0 Å². The van der Waals surface area contributed by atoms with Crippen LogP contribution < -0.4 is 16.0 Å². The van der Waals surface area contributed by atoms with Crippen molar-refractivity contribution in [3.8, 4) is 0 Å². The van der Waals surface area contributed by atoms with Crippen molar-refractivity contribution >= 4 is 29.7 Å². The Morgan fingerprint density at radius 2 is 2.03 bits per heavy atom. The predicted molar refractivity (Wildman–Crippen MR) is 142 cm³/mol. The molecule has 2 saturated heterocycles. The number of nitrogens with zero attached hydrogens (tertiary/aromatic N) is 3. The fourth-order valence-corrected chi connectivity index (χ4v) is 6.01. The minimum absolute atomic E-state index is 0.00578. The number of benzene rings is 1. The van der Waals surface area contributed by atoms with Gasteiger partial charge in [0.1, 0.15) is 12.3 Å². The lowest BCUT2D eigenvalue weighted by Crippen LogP contribution is -2.36. The van der Waals surface area contributed by atoms with Crippen molar-refractivity contribution in [3.05, 3.63) is 47.3 Å². The molecule has 3 atom stereocenters. The smallest absolute Gasteiger partial charge is 0.338 e. The standard InChI is InChI=1S/C26H36N6O5S/c1-2-12-36-13-11-32-15-20(30-31-32)16-37-25(34)19-9-7-18(8-10-19)14-27-23(33)6-4-3-5-22-24-21(17-38-22)28-26(35)29-24/h7-10,15,21-22,24H,2-6,11-14,16-17H2,1H3,(H,27,33)(H2,28,29,35)/t21-,22-,24-/m0/s1. The van der Waals surface area contributed by atoms with E-state index >= 15 is 0 Å². The summed E-state index contributed by atoms with van der Waals surface area (Å²) in [4.78, 5) is 36.1. The van der Waals surface area contributed by atoms with Crippen molar-refractivity contribution in [1.29, 1.82) is 0 Å². The molecule has 3 N–H and O–H groups in total. The topological polar surface area (TPSA) is 136 Å². The van der Waals surface area contributed by atoms with E-state index in [1.807, 2.05) is 11.8 Å². The largest absolute Gasteiger partial charge is 0.455 e. The second kappa shape index (κ2) is 14.1. The van der Waals surface area contributed by atoms with E-state index < -0.39 is 5.97 Å². The fraction of sp³-hybridized carbons (Fsp3) is 0.577. The molecule has 12 heteroatoms. The van der Waals surface area contributed by atoms with E-state index in [2.05, 4.69) is 33.2 Å². The molecule has 0 radical (unpaired) electrons. The van der Waals surface area contributed by atoms with Crippen LogP contribution in [0.25, 0.3) is 0 Å². The maximum absolute atomic E-state index is 12.4. The fourth-order valence-electron chi connectivity index (χ4n) is 4.46. The summed E-state index contributed by atoms with van der Waals surface area (Å²) >= 11 is 1.89. The molecule has 1 aromatic carbocycles. The second-order valence-corrected chi connectivity index (χ2v) is 10.8. The van der Waals surface area contributed by atoms with E-state index in [9.17, 15) is 14.4 Å². The van der Waals surface area contributed by atoms with Gasteiger partial charge in [0.05, 0.1) is 37.0 Å². The number of esters is 1. The molecular formula is C26H36N6O5S. The first-order valence-electron chi connectivity index (χ1n) is 13.2. The number of rotatable bonds is 15. The summed E-state index contributed by atoms with van der Waals surface area (Å²) in [6.07, 6.45) is 5.93. The number of ether oxygens (including phenoxy) is 2. The Bertz CT molecular complexity index is 1080. The highest BCUT2D eigenvalue weighted by molar-refractivity contribution is 8.00. The van der Waals surface area contributed by atoms with Crippen LogP contribution >= 0.6 is 11.8 Å². The molecule has 11 nitrogen and oxygen atoms in total. The van der Waals surface area contributed by atoms with Crippen molar-refractivity contribution < 1.29 is 23.9 Å². The number of thioether (sulfide) groups is 1. The predicted octanol–water partition coefficient (Wildman–Crippen LogP) is 2.40. The third-order valence-corrected chi connectivity index (χ3v) is 8.02. The molecule has 206 valence electrons. The highest BCUT2D eigenvalue weighted by atomic mass is 32.2. The lowest BCUT2D eigenvalue weighted by atomic mass is 10.0. The van der Waals surface area contributed by atoms with E-state index in [0.29, 0.717) is 49.2 Å². The Labute approximate surface area is 226 Å². The van der Waals surface area contributed by atoms with Crippen LogP contribution in [-0.4, -0.2) is 69.2 Å². The molecule has 2 aliphatic heterocycles. The van der Waals surface area contributed by atoms with Gasteiger partial charge in [0, 0.05) is 30.6 Å². The summed E-state index contributed by atoms with van der Waals surface area (Å²) in [6.45, 7) is 4.37. The maximum atomic E-state index is 12.4. The van der Waals surface area contributed by atoms with E-state index in [1.54, 1.807) is 35.1 Å². The zero-order valence-electron chi connectivity index (χ0n) is 21.7. The van der Waals surface area contributed by atoms with Crippen LogP contribution in [0.1, 0.15) is 60.6 Å². The molecule has 3 amide bonds. The third kappa shape index (κ3) is 8.19. The molecule has 0 aliphatic carbocycles. The molecule has 0 bridgehead atoms. The van der Waals surface area contributed by atoms with Crippen molar-refractivity contribution in [2.75, 3.05) is 19.0 Å². The Balaban J connectivity index is 1.09. The first kappa shape index (κ1) is 27.9. The van der Waals surface area contributed by atoms with Gasteiger partial charge in [-0.3, -0.25) is 4.79 Å². The Kier molecular flexibility index (Phi) is 10.4. The van der Waals surface area contributed by atoms with Gasteiger partial charge >= 0.3 is 12.0 Å². The number of carbonyl (C=O) groups is 3. The molecule has 38 heavy (non-hydrogen) atoms. The monoisotopic (exact) mass is 544 g/mol. The quantitative estimate of drug-likeness (QED) is 0.177. The molecule has 2 aromatic rings. The van der Waals surface area contributed by atoms with Crippen molar-refractivity contribution in [2.45, 2.75) is 76.1 Å². The van der Waals surface area contributed by atoms with Crippen LogP contribution in [0.3, 0.4) is 0 Å². The van der Waals surface area contributed by atoms with Gasteiger partial charge in [0.2, 0.25) is 5.91 Å². The van der Waals surface area contributed by atoms with Crippen molar-refractivity contribution in [2.24, 2.45) is 0 Å². The second-order valence-electron chi connectivity index (χ2n) is 9.50. The van der Waals surface area contributed by atoms with Gasteiger partial charge in [0.15, 0.2) is 0 Å². The number of amides is 3. The number of nitrogens with one attached hydrogen (secondary N) is 3. The van der Waals surface area contributed by atoms with E-state index in [4.69, 9.17) is 9.47 Å². The average Bonchev–Trinajstić information content (AvgIpc) is 3.63. The van der Waals surface area contributed by atoms with Crippen LogP contribution in [0, 0.1) is 0 Å². The van der Waals surface area contributed by atoms with Gasteiger partial charge in [-0.1, -0.05) is 30.7 Å². The number of urea groups is 1. The van der Waals surface area contributed by atoms with Crippen LogP contribution in [0.5, 0.6) is 0 Å². The molecule has 0 unspecified atom stereocenters. The van der Waals surface area contributed by atoms with Crippen LogP contribution in [0.2, 0.25) is 0 Å². The normalized spacial score (nSPS) is 20.0. The van der Waals surface area contributed by atoms with E-state index in [1.165, 1.54) is 0 Å². The van der Waals surface area contributed by atoms with Crippen LogP contribution in [0.15, 0.2) is 30.5 Å². The highest BCUT2D eigenvalue weighted by Crippen LogP contribution is 2.33. The van der Waals surface area contributed by atoms with Crippen molar-refractivity contribution in [3.63, 3.8) is 0 Å². The van der Waals surface area contributed by atoms with Gasteiger partial charge in [0.25, 0.3) is 0 Å². The molecule has 2 fully saturated rings. The summed E-state index contributed by atoms with van der Waals surface area (Å²) in [5.41, 5.74) is 1.91. The number of unbranched alkanes of at least 4 members (excludes halogenated alkanes) is 1. The first-order chi connectivity index (χ1) is 18.5. The van der Waals surface area contributed by atoms with Gasteiger partial charge in [-0.2, -0.15) is 11.8 Å². The van der Waals surface area contributed by atoms with Crippen molar-refractivity contribution in [1.82, 2.24) is 30.9 Å². The number of fused-ring (bicyclic) bond motifs is 1. The zero-order valence-corrected chi connectivity index (χ0v) is 22.5. The minimum atomic E-state index is -0.443. The molecule has 3 heterocycles. The average molecular weight is 545 g/mol. The molecule has 0 saturated carbocycles. The van der Waals surface area contributed by atoms with Crippen LogP contribution in [-0.2, 0) is 34.0 Å². The third-order valence-electron chi connectivity index (χ3n) is 6.51. The summed E-state index contributed by atoms with van der Waals surface area (Å²) in [5.74, 6) is 0.510. The van der Waals surface area contributed by atoms with Crippen LogP contribution in [0.4, 0.5) is 4.79 Å². The zero-order chi connectivity index (χ0) is 26.7. The van der Waals surface area contributed by atoms with E-state index in [0.717, 1.165) is 37.0 Å². The van der Waals surface area contributed by atoms with Gasteiger partial charge in [-0.15, -0.1) is 5.10 Å². The lowest BCUT2D eigenvalue weighted by molar-refractivity contribution is -0.121. The highest BCUT2D eigenvalue weighted by Gasteiger charge is 2.42. The minimum Gasteiger partial charge on any atom is -0.455 e. The first-order valence-corrected chi connectivity index (χ1v) is 14.2. The summed E-state index contributed by atoms with van der Waals surface area (Å²) in [7, 11) is 0. The van der Waals surface area contributed by atoms with E-state index in [-0.39, 0.29) is 30.6 Å². The molecular weight excluding hydrogens is 508 g/mol. The Morgan fingerprint density at radius 3 is 2.84 bits per heavy atom. The number of hydrogen-bond donors (Lipinski definition) is 3.